The van der Waals surface area contributed by atoms with Gasteiger partial charge in [-0.15, -0.1) is 0 Å². The lowest BCUT2D eigenvalue weighted by molar-refractivity contribution is -0.119. The standard InChI is InChI=1S/C27H21N3O7/c1-33-17-8-10-19(23(14-17)34-2)28-24(31)15-37-27(32)16-7-9-18-20(13-16)30-26(22-6-4-12-36-22)25(29-18)21-5-3-11-35-21/h3-14H,15H2,1-2H3,(H,28,31). The number of nitrogens with one attached hydrogen (secondary N) is 1. The summed E-state index contributed by atoms with van der Waals surface area (Å²) in [5.74, 6) is 0.805. The summed E-state index contributed by atoms with van der Waals surface area (Å²) in [5, 5.41) is 2.65. The van der Waals surface area contributed by atoms with Gasteiger partial charge < -0.3 is 28.4 Å². The van der Waals surface area contributed by atoms with Crippen molar-refractivity contribution in [3.8, 4) is 34.4 Å². The topological polar surface area (TPSA) is 126 Å². The van der Waals surface area contributed by atoms with E-state index >= 15 is 0 Å². The van der Waals surface area contributed by atoms with Gasteiger partial charge in [-0.3, -0.25) is 4.79 Å². The fourth-order valence-corrected chi connectivity index (χ4v) is 3.65. The van der Waals surface area contributed by atoms with Crippen molar-refractivity contribution in [2.45, 2.75) is 0 Å². The molecule has 0 saturated heterocycles. The van der Waals surface area contributed by atoms with Crippen LogP contribution in [0.15, 0.2) is 82.0 Å². The van der Waals surface area contributed by atoms with E-state index in [9.17, 15) is 9.59 Å². The van der Waals surface area contributed by atoms with E-state index in [0.29, 0.717) is 51.1 Å². The molecule has 2 aromatic carbocycles. The molecule has 3 heterocycles. The van der Waals surface area contributed by atoms with Crippen molar-refractivity contribution in [2.75, 3.05) is 26.1 Å². The summed E-state index contributed by atoms with van der Waals surface area (Å²) in [6.07, 6.45) is 3.08. The lowest BCUT2D eigenvalue weighted by Gasteiger charge is -2.12. The van der Waals surface area contributed by atoms with E-state index < -0.39 is 18.5 Å². The van der Waals surface area contributed by atoms with E-state index in [0.717, 1.165) is 0 Å². The van der Waals surface area contributed by atoms with Crippen molar-refractivity contribution in [1.82, 2.24) is 9.97 Å². The Morgan fingerprint density at radius 2 is 1.54 bits per heavy atom. The number of methoxy groups -OCH3 is 2. The van der Waals surface area contributed by atoms with Gasteiger partial charge >= 0.3 is 5.97 Å². The highest BCUT2D eigenvalue weighted by molar-refractivity contribution is 5.98. The van der Waals surface area contributed by atoms with Gasteiger partial charge in [0, 0.05) is 6.07 Å². The average Bonchev–Trinajstić information content (AvgIpc) is 3.66. The van der Waals surface area contributed by atoms with Gasteiger partial charge in [-0.1, -0.05) is 0 Å². The molecule has 37 heavy (non-hydrogen) atoms. The SMILES string of the molecule is COc1ccc(NC(=O)COC(=O)c2ccc3nc(-c4ccco4)c(-c4ccco4)nc3c2)c(OC)c1. The quantitative estimate of drug-likeness (QED) is 0.295. The third-order valence-electron chi connectivity index (χ3n) is 5.43. The van der Waals surface area contributed by atoms with Gasteiger partial charge in [0.2, 0.25) is 0 Å². The van der Waals surface area contributed by atoms with Gasteiger partial charge in [0.25, 0.3) is 5.91 Å². The monoisotopic (exact) mass is 499 g/mol. The van der Waals surface area contributed by atoms with Gasteiger partial charge in [0.05, 0.1) is 49.0 Å². The highest BCUT2D eigenvalue weighted by atomic mass is 16.5. The molecule has 0 radical (unpaired) electrons. The second kappa shape index (κ2) is 10.2. The number of esters is 1. The molecule has 5 aromatic rings. The number of nitrogens with zero attached hydrogens (tertiary/aromatic N) is 2. The summed E-state index contributed by atoms with van der Waals surface area (Å²) < 4.78 is 26.7. The number of anilines is 1. The predicted molar refractivity (Wildman–Crippen MR) is 133 cm³/mol. The van der Waals surface area contributed by atoms with Gasteiger partial charge in [-0.25, -0.2) is 14.8 Å². The molecule has 0 aliphatic rings. The van der Waals surface area contributed by atoms with E-state index in [1.807, 2.05) is 0 Å². The Morgan fingerprint density at radius 1 is 0.838 bits per heavy atom. The first kappa shape index (κ1) is 23.6. The fraction of sp³-hybridized carbons (Fsp3) is 0.111. The number of ether oxygens (including phenoxy) is 3. The Labute approximate surface area is 210 Å². The minimum atomic E-state index is -0.685. The van der Waals surface area contributed by atoms with Crippen molar-refractivity contribution >= 4 is 28.6 Å². The normalized spacial score (nSPS) is 10.8. The number of carbonyl (C=O) groups is 2. The Bertz CT molecular complexity index is 1560. The largest absolute Gasteiger partial charge is 0.497 e. The molecule has 0 spiro atoms. The van der Waals surface area contributed by atoms with Crippen molar-refractivity contribution in [3.63, 3.8) is 0 Å². The molecular weight excluding hydrogens is 478 g/mol. The molecule has 0 aliphatic heterocycles. The maximum absolute atomic E-state index is 12.7. The minimum Gasteiger partial charge on any atom is -0.497 e. The molecule has 0 fully saturated rings. The molecule has 186 valence electrons. The lowest BCUT2D eigenvalue weighted by atomic mass is 10.1. The van der Waals surface area contributed by atoms with Gasteiger partial charge in [0.1, 0.15) is 22.9 Å². The van der Waals surface area contributed by atoms with Crippen molar-refractivity contribution < 1.29 is 32.6 Å². The molecule has 0 unspecified atom stereocenters. The molecule has 1 amide bonds. The van der Waals surface area contributed by atoms with Crippen LogP contribution in [0, 0.1) is 0 Å². The number of aromatic nitrogens is 2. The third-order valence-corrected chi connectivity index (χ3v) is 5.43. The summed E-state index contributed by atoms with van der Waals surface area (Å²) in [7, 11) is 3.00. The fourth-order valence-electron chi connectivity index (χ4n) is 3.65. The zero-order valence-corrected chi connectivity index (χ0v) is 19.9. The number of carbonyl (C=O) groups excluding carboxylic acids is 2. The Morgan fingerprint density at radius 3 is 2.16 bits per heavy atom. The molecule has 5 rings (SSSR count). The Kier molecular flexibility index (Phi) is 6.54. The van der Waals surface area contributed by atoms with Crippen molar-refractivity contribution in [2.24, 2.45) is 0 Å². The number of amides is 1. The van der Waals surface area contributed by atoms with Crippen LogP contribution in [-0.4, -0.2) is 42.7 Å². The molecular formula is C27H21N3O7. The maximum Gasteiger partial charge on any atom is 0.338 e. The first-order chi connectivity index (χ1) is 18.1. The number of fused-ring (bicyclic) bond motifs is 1. The van der Waals surface area contributed by atoms with E-state index in [2.05, 4.69) is 15.3 Å². The summed E-state index contributed by atoms with van der Waals surface area (Å²) in [6.45, 7) is -0.493. The zero-order valence-electron chi connectivity index (χ0n) is 19.9. The second-order valence-electron chi connectivity index (χ2n) is 7.77. The highest BCUT2D eigenvalue weighted by Crippen LogP contribution is 2.32. The van der Waals surface area contributed by atoms with Gasteiger partial charge in [0.15, 0.2) is 18.1 Å². The van der Waals surface area contributed by atoms with Crippen LogP contribution >= 0.6 is 0 Å². The van der Waals surface area contributed by atoms with Gasteiger partial charge in [-0.2, -0.15) is 0 Å². The van der Waals surface area contributed by atoms with Crippen LogP contribution in [0.4, 0.5) is 5.69 Å². The third kappa shape index (κ3) is 4.98. The zero-order chi connectivity index (χ0) is 25.8. The molecule has 1 N–H and O–H groups in total. The van der Waals surface area contributed by atoms with Crippen molar-refractivity contribution in [1.29, 1.82) is 0 Å². The molecule has 0 aliphatic carbocycles. The summed E-state index contributed by atoms with van der Waals surface area (Å²) >= 11 is 0. The molecule has 3 aromatic heterocycles. The van der Waals surface area contributed by atoms with Crippen LogP contribution in [0.25, 0.3) is 33.9 Å². The van der Waals surface area contributed by atoms with Crippen LogP contribution in [0.3, 0.4) is 0 Å². The van der Waals surface area contributed by atoms with E-state index in [1.54, 1.807) is 66.9 Å². The first-order valence-electron chi connectivity index (χ1n) is 11.1. The highest BCUT2D eigenvalue weighted by Gasteiger charge is 2.19. The Hall–Kier alpha value is -5.12. The van der Waals surface area contributed by atoms with Crippen molar-refractivity contribution in [3.05, 3.63) is 78.8 Å². The average molecular weight is 499 g/mol. The maximum atomic E-state index is 12.7. The molecule has 10 heteroatoms. The van der Waals surface area contributed by atoms with Gasteiger partial charge in [-0.05, 0) is 54.6 Å². The van der Waals surface area contributed by atoms with Crippen LogP contribution in [0.1, 0.15) is 10.4 Å². The van der Waals surface area contributed by atoms with Crippen LogP contribution in [0.2, 0.25) is 0 Å². The molecule has 10 nitrogen and oxygen atoms in total. The van der Waals surface area contributed by atoms with E-state index in [4.69, 9.17) is 23.0 Å². The predicted octanol–water partition coefficient (Wildman–Crippen LogP) is 4.96. The van der Waals surface area contributed by atoms with E-state index in [-0.39, 0.29) is 5.56 Å². The Balaban J connectivity index is 1.34. The first-order valence-corrected chi connectivity index (χ1v) is 11.1. The number of hydrogen-bond acceptors (Lipinski definition) is 9. The minimum absolute atomic E-state index is 0.216. The number of hydrogen-bond donors (Lipinski definition) is 1. The van der Waals surface area contributed by atoms with Crippen LogP contribution in [-0.2, 0) is 9.53 Å². The molecule has 0 bridgehead atoms. The summed E-state index contributed by atoms with van der Waals surface area (Å²) in [5.41, 5.74) is 2.60. The number of furan rings is 2. The smallest absolute Gasteiger partial charge is 0.338 e. The summed E-state index contributed by atoms with van der Waals surface area (Å²) in [6, 6.07) is 16.7. The molecule has 0 atom stereocenters. The second-order valence-corrected chi connectivity index (χ2v) is 7.77. The molecule has 0 saturated carbocycles. The number of rotatable bonds is 8. The number of benzene rings is 2. The lowest BCUT2D eigenvalue weighted by Crippen LogP contribution is -2.21. The van der Waals surface area contributed by atoms with E-state index in [1.165, 1.54) is 20.5 Å². The summed E-state index contributed by atoms with van der Waals surface area (Å²) in [4.78, 5) is 34.4. The van der Waals surface area contributed by atoms with Crippen LogP contribution < -0.4 is 14.8 Å². The van der Waals surface area contributed by atoms with Crippen LogP contribution in [0.5, 0.6) is 11.5 Å².